The first-order valence-electron chi connectivity index (χ1n) is 4.95. The van der Waals surface area contributed by atoms with Gasteiger partial charge in [-0.25, -0.2) is 9.97 Å². The monoisotopic (exact) mass is 193 g/mol. The molecule has 0 radical (unpaired) electrons. The normalized spacial score (nSPS) is 12.1. The molecule has 1 rings (SSSR count). The Balaban J connectivity index is 3.13. The number of anilines is 1. The Kier molecular flexibility index (Phi) is 2.79. The van der Waals surface area contributed by atoms with Crippen molar-refractivity contribution in [3.63, 3.8) is 0 Å². The molecule has 1 aromatic rings. The summed E-state index contributed by atoms with van der Waals surface area (Å²) < 4.78 is 0. The van der Waals surface area contributed by atoms with Crippen LogP contribution in [0, 0.1) is 0 Å². The standard InChI is InChI=1S/C11H19N3/c1-7(2)8-6-13-10(11(3,4)5)14-9(8)12/h6-7H,1-5H3,(H2,12,13,14). The van der Waals surface area contributed by atoms with E-state index in [1.54, 1.807) is 0 Å². The molecule has 0 amide bonds. The third-order valence-electron chi connectivity index (χ3n) is 2.14. The summed E-state index contributed by atoms with van der Waals surface area (Å²) in [4.78, 5) is 8.67. The molecule has 0 saturated carbocycles. The van der Waals surface area contributed by atoms with Crippen molar-refractivity contribution >= 4 is 5.82 Å². The zero-order chi connectivity index (χ0) is 10.9. The Bertz CT molecular complexity index is 324. The number of rotatable bonds is 1. The number of nitrogen functional groups attached to an aromatic ring is 1. The van der Waals surface area contributed by atoms with Crippen molar-refractivity contribution in [2.45, 2.75) is 46.0 Å². The number of hydrogen-bond acceptors (Lipinski definition) is 3. The van der Waals surface area contributed by atoms with Crippen molar-refractivity contribution < 1.29 is 0 Å². The second-order valence-corrected chi connectivity index (χ2v) is 4.94. The van der Waals surface area contributed by atoms with E-state index in [0.29, 0.717) is 11.7 Å². The highest BCUT2D eigenvalue weighted by Crippen LogP contribution is 2.23. The zero-order valence-electron chi connectivity index (χ0n) is 9.63. The van der Waals surface area contributed by atoms with Gasteiger partial charge in [0, 0.05) is 17.2 Å². The van der Waals surface area contributed by atoms with Crippen LogP contribution in [0.5, 0.6) is 0 Å². The number of nitrogens with two attached hydrogens (primary N) is 1. The summed E-state index contributed by atoms with van der Waals surface area (Å²) >= 11 is 0. The maximum absolute atomic E-state index is 5.87. The minimum Gasteiger partial charge on any atom is -0.383 e. The fourth-order valence-corrected chi connectivity index (χ4v) is 1.21. The summed E-state index contributed by atoms with van der Waals surface area (Å²) in [5.41, 5.74) is 6.86. The molecule has 0 spiro atoms. The lowest BCUT2D eigenvalue weighted by Crippen LogP contribution is -2.17. The third-order valence-corrected chi connectivity index (χ3v) is 2.14. The van der Waals surface area contributed by atoms with Crippen LogP contribution in [0.3, 0.4) is 0 Å². The highest BCUT2D eigenvalue weighted by molar-refractivity contribution is 5.40. The lowest BCUT2D eigenvalue weighted by atomic mass is 9.95. The molecular weight excluding hydrogens is 174 g/mol. The maximum atomic E-state index is 5.87. The second kappa shape index (κ2) is 3.56. The van der Waals surface area contributed by atoms with Crippen LogP contribution in [0.4, 0.5) is 5.82 Å². The molecule has 3 nitrogen and oxygen atoms in total. The van der Waals surface area contributed by atoms with Crippen molar-refractivity contribution in [2.24, 2.45) is 0 Å². The van der Waals surface area contributed by atoms with Gasteiger partial charge < -0.3 is 5.73 Å². The Morgan fingerprint density at radius 1 is 1.29 bits per heavy atom. The SMILES string of the molecule is CC(C)c1cnc(C(C)(C)C)nc1N. The van der Waals surface area contributed by atoms with Gasteiger partial charge in [0.1, 0.15) is 11.6 Å². The van der Waals surface area contributed by atoms with Gasteiger partial charge in [0.2, 0.25) is 0 Å². The predicted molar refractivity (Wildman–Crippen MR) is 59.2 cm³/mol. The molecule has 0 atom stereocenters. The Labute approximate surface area is 85.8 Å². The molecule has 0 bridgehead atoms. The smallest absolute Gasteiger partial charge is 0.135 e. The number of hydrogen-bond donors (Lipinski definition) is 1. The molecule has 14 heavy (non-hydrogen) atoms. The molecule has 78 valence electrons. The van der Waals surface area contributed by atoms with Crippen LogP contribution >= 0.6 is 0 Å². The maximum Gasteiger partial charge on any atom is 0.135 e. The van der Waals surface area contributed by atoms with Crippen LogP contribution in [0.2, 0.25) is 0 Å². The predicted octanol–water partition coefficient (Wildman–Crippen LogP) is 2.48. The molecular formula is C11H19N3. The van der Waals surface area contributed by atoms with Gasteiger partial charge in [-0.3, -0.25) is 0 Å². The van der Waals surface area contributed by atoms with E-state index in [2.05, 4.69) is 44.6 Å². The average Bonchev–Trinajstić information content (AvgIpc) is 2.01. The van der Waals surface area contributed by atoms with Crippen LogP contribution < -0.4 is 5.73 Å². The summed E-state index contributed by atoms with van der Waals surface area (Å²) in [6, 6.07) is 0. The van der Waals surface area contributed by atoms with E-state index >= 15 is 0 Å². The van der Waals surface area contributed by atoms with Crippen molar-refractivity contribution in [2.75, 3.05) is 5.73 Å². The third kappa shape index (κ3) is 2.22. The second-order valence-electron chi connectivity index (χ2n) is 4.94. The summed E-state index contributed by atoms with van der Waals surface area (Å²) in [5.74, 6) is 1.79. The van der Waals surface area contributed by atoms with E-state index in [0.717, 1.165) is 11.4 Å². The average molecular weight is 193 g/mol. The molecule has 1 aromatic heterocycles. The van der Waals surface area contributed by atoms with Crippen molar-refractivity contribution in [3.8, 4) is 0 Å². The minimum absolute atomic E-state index is 0.0381. The molecule has 2 N–H and O–H groups in total. The number of nitrogens with zero attached hydrogens (tertiary/aromatic N) is 2. The van der Waals surface area contributed by atoms with Crippen molar-refractivity contribution in [1.82, 2.24) is 9.97 Å². The molecule has 0 aliphatic rings. The molecule has 0 unspecified atom stereocenters. The number of aromatic nitrogens is 2. The summed E-state index contributed by atoms with van der Waals surface area (Å²) in [7, 11) is 0. The summed E-state index contributed by atoms with van der Waals surface area (Å²) in [6.45, 7) is 10.4. The van der Waals surface area contributed by atoms with Crippen LogP contribution in [0.1, 0.15) is 51.9 Å². The van der Waals surface area contributed by atoms with E-state index < -0.39 is 0 Å². The van der Waals surface area contributed by atoms with E-state index in [4.69, 9.17) is 5.73 Å². The van der Waals surface area contributed by atoms with Gasteiger partial charge in [-0.1, -0.05) is 34.6 Å². The molecule has 0 saturated heterocycles. The topological polar surface area (TPSA) is 51.8 Å². The molecule has 0 aliphatic heterocycles. The van der Waals surface area contributed by atoms with E-state index in [9.17, 15) is 0 Å². The van der Waals surface area contributed by atoms with Gasteiger partial charge in [-0.2, -0.15) is 0 Å². The van der Waals surface area contributed by atoms with Crippen LogP contribution in [-0.2, 0) is 5.41 Å². The largest absolute Gasteiger partial charge is 0.383 e. The van der Waals surface area contributed by atoms with Crippen LogP contribution in [-0.4, -0.2) is 9.97 Å². The van der Waals surface area contributed by atoms with Gasteiger partial charge in [0.15, 0.2) is 0 Å². The minimum atomic E-state index is -0.0381. The molecule has 0 fully saturated rings. The summed E-state index contributed by atoms with van der Waals surface area (Å²) in [5, 5.41) is 0. The quantitative estimate of drug-likeness (QED) is 0.745. The molecule has 3 heteroatoms. The Hall–Kier alpha value is -1.12. The fourth-order valence-electron chi connectivity index (χ4n) is 1.21. The first-order chi connectivity index (χ1) is 6.32. The summed E-state index contributed by atoms with van der Waals surface area (Å²) in [6.07, 6.45) is 1.84. The van der Waals surface area contributed by atoms with Crippen molar-refractivity contribution in [3.05, 3.63) is 17.6 Å². The van der Waals surface area contributed by atoms with Crippen molar-refractivity contribution in [1.29, 1.82) is 0 Å². The van der Waals surface area contributed by atoms with Crippen LogP contribution in [0.15, 0.2) is 6.20 Å². The highest BCUT2D eigenvalue weighted by atomic mass is 15.0. The van der Waals surface area contributed by atoms with Gasteiger partial charge in [0.05, 0.1) is 0 Å². The van der Waals surface area contributed by atoms with E-state index in [1.807, 2.05) is 6.20 Å². The van der Waals surface area contributed by atoms with Gasteiger partial charge in [-0.15, -0.1) is 0 Å². The first kappa shape index (κ1) is 11.0. The Morgan fingerprint density at radius 3 is 2.21 bits per heavy atom. The van der Waals surface area contributed by atoms with Gasteiger partial charge >= 0.3 is 0 Å². The lowest BCUT2D eigenvalue weighted by Gasteiger charge is -2.18. The van der Waals surface area contributed by atoms with Gasteiger partial charge in [-0.05, 0) is 5.92 Å². The van der Waals surface area contributed by atoms with E-state index in [-0.39, 0.29) is 5.41 Å². The van der Waals surface area contributed by atoms with E-state index in [1.165, 1.54) is 0 Å². The van der Waals surface area contributed by atoms with Crippen LogP contribution in [0.25, 0.3) is 0 Å². The molecule has 0 aliphatic carbocycles. The van der Waals surface area contributed by atoms with Gasteiger partial charge in [0.25, 0.3) is 0 Å². The highest BCUT2D eigenvalue weighted by Gasteiger charge is 2.18. The zero-order valence-corrected chi connectivity index (χ0v) is 9.63. The first-order valence-corrected chi connectivity index (χ1v) is 4.95. The fraction of sp³-hybridized carbons (Fsp3) is 0.636. The molecule has 0 aromatic carbocycles. The Morgan fingerprint density at radius 2 is 1.86 bits per heavy atom. The lowest BCUT2D eigenvalue weighted by molar-refractivity contribution is 0.544. The molecule has 1 heterocycles.